The number of sulfonamides is 1. The molecule has 0 aliphatic rings. The number of hydrogen-bond acceptors (Lipinski definition) is 5. The number of ether oxygens (including phenoxy) is 1. The van der Waals surface area contributed by atoms with Crippen LogP contribution in [0.5, 0.6) is 5.75 Å². The number of nitrogens with zero attached hydrogens (tertiary/aromatic N) is 1. The zero-order valence-electron chi connectivity index (χ0n) is 19.8. The van der Waals surface area contributed by atoms with Gasteiger partial charge in [-0.25, -0.2) is 8.42 Å². The number of carbonyl (C=O) groups excluding carboxylic acids is 1. The molecule has 3 aromatic carbocycles. The summed E-state index contributed by atoms with van der Waals surface area (Å²) in [4.78, 5) is 13.9. The number of amides is 1. The molecule has 3 aromatic rings. The number of carbonyl (C=O) groups is 1. The molecule has 0 spiro atoms. The van der Waals surface area contributed by atoms with E-state index in [0.717, 1.165) is 26.1 Å². The maximum atomic E-state index is 13.5. The summed E-state index contributed by atoms with van der Waals surface area (Å²) in [6.07, 6.45) is 2.01. The van der Waals surface area contributed by atoms with Gasteiger partial charge in [-0.05, 0) is 81.1 Å². The molecular formula is C26H30N2O4S2. The van der Waals surface area contributed by atoms with Crippen molar-refractivity contribution in [1.29, 1.82) is 0 Å². The average Bonchev–Trinajstić information content (AvgIpc) is 2.82. The molecule has 0 saturated carbocycles. The van der Waals surface area contributed by atoms with Gasteiger partial charge in [-0.15, -0.1) is 11.8 Å². The van der Waals surface area contributed by atoms with E-state index in [4.69, 9.17) is 4.74 Å². The molecule has 0 atom stereocenters. The average molecular weight is 499 g/mol. The van der Waals surface area contributed by atoms with Crippen LogP contribution in [0.15, 0.2) is 82.6 Å². The summed E-state index contributed by atoms with van der Waals surface area (Å²) >= 11 is 1.53. The van der Waals surface area contributed by atoms with E-state index < -0.39 is 15.9 Å². The maximum Gasteiger partial charge on any atom is 0.264 e. The lowest BCUT2D eigenvalue weighted by atomic mass is 10.2. The van der Waals surface area contributed by atoms with Gasteiger partial charge in [-0.2, -0.15) is 0 Å². The molecule has 0 heterocycles. The van der Waals surface area contributed by atoms with E-state index in [2.05, 4.69) is 5.32 Å². The first-order chi connectivity index (χ1) is 16.2. The van der Waals surface area contributed by atoms with Crippen molar-refractivity contribution < 1.29 is 17.9 Å². The van der Waals surface area contributed by atoms with E-state index in [0.29, 0.717) is 5.69 Å². The van der Waals surface area contributed by atoms with E-state index in [1.807, 2.05) is 63.4 Å². The molecule has 0 bridgehead atoms. The number of hydrogen-bond donors (Lipinski definition) is 1. The third kappa shape index (κ3) is 6.77. The molecule has 0 aliphatic carbocycles. The molecule has 0 radical (unpaired) electrons. The minimum absolute atomic E-state index is 0.0807. The molecular weight excluding hydrogens is 468 g/mol. The highest BCUT2D eigenvalue weighted by Gasteiger charge is 2.27. The van der Waals surface area contributed by atoms with Crippen LogP contribution in [0.3, 0.4) is 0 Å². The van der Waals surface area contributed by atoms with Crippen molar-refractivity contribution in [3.8, 4) is 5.75 Å². The van der Waals surface area contributed by atoms with E-state index in [9.17, 15) is 13.2 Å². The first-order valence-corrected chi connectivity index (χ1v) is 13.6. The third-order valence-electron chi connectivity index (χ3n) is 5.04. The van der Waals surface area contributed by atoms with Crippen LogP contribution < -0.4 is 14.4 Å². The Kier molecular flexibility index (Phi) is 8.63. The molecule has 0 aliphatic heterocycles. The summed E-state index contributed by atoms with van der Waals surface area (Å²) in [6, 6.07) is 21.2. The predicted octanol–water partition coefficient (Wildman–Crippen LogP) is 5.02. The Balaban J connectivity index is 1.77. The highest BCUT2D eigenvalue weighted by molar-refractivity contribution is 7.98. The standard InChI is InChI=1S/C26H30N2O4S2/c1-19(2)32-23-11-7-21(8-12-23)17-27-26(29)18-28(22-9-5-20(3)6-10-22)34(30,31)25-15-13-24(33-4)14-16-25/h5-16,19H,17-18H2,1-4H3,(H,27,29). The van der Waals surface area contributed by atoms with Crippen molar-refractivity contribution in [3.63, 3.8) is 0 Å². The molecule has 0 aromatic heterocycles. The molecule has 0 fully saturated rings. The first kappa shape index (κ1) is 25.6. The van der Waals surface area contributed by atoms with Crippen LogP contribution in [0.1, 0.15) is 25.0 Å². The Morgan fingerprint density at radius 1 is 0.971 bits per heavy atom. The van der Waals surface area contributed by atoms with E-state index in [1.165, 1.54) is 11.8 Å². The van der Waals surface area contributed by atoms with Gasteiger partial charge in [0.2, 0.25) is 5.91 Å². The van der Waals surface area contributed by atoms with Gasteiger partial charge in [0.25, 0.3) is 10.0 Å². The molecule has 1 N–H and O–H groups in total. The number of nitrogens with one attached hydrogen (secondary N) is 1. The first-order valence-electron chi connectivity index (χ1n) is 10.9. The van der Waals surface area contributed by atoms with Crippen molar-refractivity contribution in [2.45, 2.75) is 43.2 Å². The number of anilines is 1. The van der Waals surface area contributed by atoms with Crippen LogP contribution >= 0.6 is 11.8 Å². The highest BCUT2D eigenvalue weighted by atomic mass is 32.2. The van der Waals surface area contributed by atoms with Crippen LogP contribution in [-0.4, -0.2) is 33.2 Å². The highest BCUT2D eigenvalue weighted by Crippen LogP contribution is 2.25. The Morgan fingerprint density at radius 2 is 1.59 bits per heavy atom. The van der Waals surface area contributed by atoms with Crippen LogP contribution in [-0.2, 0) is 21.4 Å². The van der Waals surface area contributed by atoms with Crippen LogP contribution in [0.2, 0.25) is 0 Å². The Hall–Kier alpha value is -2.97. The monoisotopic (exact) mass is 498 g/mol. The van der Waals surface area contributed by atoms with Crippen LogP contribution in [0.25, 0.3) is 0 Å². The summed E-state index contributed by atoms with van der Waals surface area (Å²) in [7, 11) is -3.94. The second-order valence-corrected chi connectivity index (χ2v) is 10.9. The Bertz CT molecular complexity index is 1190. The lowest BCUT2D eigenvalue weighted by Crippen LogP contribution is -2.40. The number of benzene rings is 3. The van der Waals surface area contributed by atoms with Gasteiger partial charge in [0.15, 0.2) is 0 Å². The van der Waals surface area contributed by atoms with Gasteiger partial charge in [0.05, 0.1) is 16.7 Å². The smallest absolute Gasteiger partial charge is 0.264 e. The van der Waals surface area contributed by atoms with Gasteiger partial charge in [0.1, 0.15) is 12.3 Å². The fraction of sp³-hybridized carbons (Fsp3) is 0.269. The van der Waals surface area contributed by atoms with Crippen molar-refractivity contribution in [2.75, 3.05) is 17.1 Å². The van der Waals surface area contributed by atoms with E-state index in [-0.39, 0.29) is 24.1 Å². The van der Waals surface area contributed by atoms with E-state index >= 15 is 0 Å². The summed E-state index contributed by atoms with van der Waals surface area (Å²) in [6.45, 7) is 5.79. The van der Waals surface area contributed by atoms with Crippen molar-refractivity contribution >= 4 is 33.4 Å². The lowest BCUT2D eigenvalue weighted by Gasteiger charge is -2.24. The SMILES string of the molecule is CSc1ccc(S(=O)(=O)N(CC(=O)NCc2ccc(OC(C)C)cc2)c2ccc(C)cc2)cc1. The topological polar surface area (TPSA) is 75.7 Å². The second-order valence-electron chi connectivity index (χ2n) is 8.11. The Morgan fingerprint density at radius 3 is 2.15 bits per heavy atom. The summed E-state index contributed by atoms with van der Waals surface area (Å²) < 4.78 is 33.7. The molecule has 34 heavy (non-hydrogen) atoms. The molecule has 0 unspecified atom stereocenters. The summed E-state index contributed by atoms with van der Waals surface area (Å²) in [5.74, 6) is 0.363. The minimum atomic E-state index is -3.94. The lowest BCUT2D eigenvalue weighted by molar-refractivity contribution is -0.119. The van der Waals surface area contributed by atoms with Gasteiger partial charge in [-0.3, -0.25) is 9.10 Å². The number of thioether (sulfide) groups is 1. The normalized spacial score (nSPS) is 11.3. The number of rotatable bonds is 10. The number of aryl methyl sites for hydroxylation is 1. The van der Waals surface area contributed by atoms with Crippen molar-refractivity contribution in [2.24, 2.45) is 0 Å². The van der Waals surface area contributed by atoms with E-state index in [1.54, 1.807) is 36.4 Å². The fourth-order valence-corrected chi connectivity index (χ4v) is 5.08. The second kappa shape index (κ2) is 11.4. The third-order valence-corrected chi connectivity index (χ3v) is 7.57. The predicted molar refractivity (Wildman–Crippen MR) is 138 cm³/mol. The van der Waals surface area contributed by atoms with Gasteiger partial charge < -0.3 is 10.1 Å². The molecule has 8 heteroatoms. The quantitative estimate of drug-likeness (QED) is 0.398. The van der Waals surface area contributed by atoms with Gasteiger partial charge in [0, 0.05) is 11.4 Å². The maximum absolute atomic E-state index is 13.5. The molecule has 180 valence electrons. The van der Waals surface area contributed by atoms with Crippen LogP contribution in [0, 0.1) is 6.92 Å². The van der Waals surface area contributed by atoms with Gasteiger partial charge >= 0.3 is 0 Å². The largest absolute Gasteiger partial charge is 0.491 e. The summed E-state index contributed by atoms with van der Waals surface area (Å²) in [5, 5.41) is 2.82. The molecule has 3 rings (SSSR count). The van der Waals surface area contributed by atoms with Crippen LogP contribution in [0.4, 0.5) is 5.69 Å². The van der Waals surface area contributed by atoms with Crippen molar-refractivity contribution in [1.82, 2.24) is 5.32 Å². The van der Waals surface area contributed by atoms with Gasteiger partial charge in [-0.1, -0.05) is 29.8 Å². The van der Waals surface area contributed by atoms with Crippen molar-refractivity contribution in [3.05, 3.63) is 83.9 Å². The minimum Gasteiger partial charge on any atom is -0.491 e. The molecule has 0 saturated heterocycles. The molecule has 1 amide bonds. The summed E-state index contributed by atoms with van der Waals surface area (Å²) in [5.41, 5.74) is 2.33. The Labute approximate surface area is 206 Å². The zero-order valence-corrected chi connectivity index (χ0v) is 21.4. The fourth-order valence-electron chi connectivity index (χ4n) is 3.25. The zero-order chi connectivity index (χ0) is 24.7. The molecule has 6 nitrogen and oxygen atoms in total.